The van der Waals surface area contributed by atoms with E-state index in [9.17, 15) is 8.42 Å². The zero-order valence-electron chi connectivity index (χ0n) is 12.1. The number of hydrogen-bond acceptors (Lipinski definition) is 4. The van der Waals surface area contributed by atoms with E-state index in [1.165, 1.54) is 0 Å². The molecule has 5 nitrogen and oxygen atoms in total. The van der Waals surface area contributed by atoms with E-state index < -0.39 is 15.3 Å². The Morgan fingerprint density at radius 1 is 1.38 bits per heavy atom. The summed E-state index contributed by atoms with van der Waals surface area (Å²) in [5, 5.41) is -0.397. The standard InChI is InChI=1S/C15H20N2O3S/c1-12-4-5-14(11-13(12)3-2-8-16)17-21(18,19)15-6-9-20-10-7-15/h4-5,11,15,17H,6-10,16H2,1H3. The van der Waals surface area contributed by atoms with Crippen LogP contribution in [0, 0.1) is 18.8 Å². The molecule has 1 saturated heterocycles. The van der Waals surface area contributed by atoms with Gasteiger partial charge in [-0.15, -0.1) is 0 Å². The molecular weight excluding hydrogens is 288 g/mol. The molecule has 0 radical (unpaired) electrons. The summed E-state index contributed by atoms with van der Waals surface area (Å²) in [6.07, 6.45) is 1.06. The first-order chi connectivity index (χ1) is 10.0. The number of rotatable bonds is 3. The van der Waals surface area contributed by atoms with Gasteiger partial charge in [-0.2, -0.15) is 0 Å². The van der Waals surface area contributed by atoms with Crippen molar-refractivity contribution in [3.8, 4) is 11.8 Å². The molecule has 114 valence electrons. The second-order valence-corrected chi connectivity index (χ2v) is 6.96. The molecule has 3 N–H and O–H groups in total. The lowest BCUT2D eigenvalue weighted by atomic mass is 10.1. The van der Waals surface area contributed by atoms with E-state index >= 15 is 0 Å². The number of nitrogens with one attached hydrogen (secondary N) is 1. The van der Waals surface area contributed by atoms with Gasteiger partial charge in [0.1, 0.15) is 0 Å². The minimum absolute atomic E-state index is 0.275. The summed E-state index contributed by atoms with van der Waals surface area (Å²) in [7, 11) is -3.39. The molecule has 0 bridgehead atoms. The van der Waals surface area contributed by atoms with E-state index in [-0.39, 0.29) is 6.54 Å². The van der Waals surface area contributed by atoms with Crippen LogP contribution in [0.1, 0.15) is 24.0 Å². The van der Waals surface area contributed by atoms with Crippen LogP contribution in [-0.2, 0) is 14.8 Å². The minimum Gasteiger partial charge on any atom is -0.381 e. The highest BCUT2D eigenvalue weighted by Gasteiger charge is 2.27. The Balaban J connectivity index is 2.18. The fraction of sp³-hybridized carbons (Fsp3) is 0.467. The normalized spacial score (nSPS) is 16.1. The van der Waals surface area contributed by atoms with Crippen molar-refractivity contribution in [2.24, 2.45) is 5.73 Å². The zero-order valence-corrected chi connectivity index (χ0v) is 12.9. The Kier molecular flexibility index (Phi) is 5.23. The summed E-state index contributed by atoms with van der Waals surface area (Å²) in [4.78, 5) is 0. The highest BCUT2D eigenvalue weighted by Crippen LogP contribution is 2.21. The van der Waals surface area contributed by atoms with Gasteiger partial charge in [0.15, 0.2) is 0 Å². The van der Waals surface area contributed by atoms with Gasteiger partial charge in [0.25, 0.3) is 0 Å². The third-order valence-electron chi connectivity index (χ3n) is 3.43. The second kappa shape index (κ2) is 6.94. The first-order valence-corrected chi connectivity index (χ1v) is 8.46. The number of nitrogens with two attached hydrogens (primary N) is 1. The zero-order chi connectivity index (χ0) is 15.3. The first-order valence-electron chi connectivity index (χ1n) is 6.92. The highest BCUT2D eigenvalue weighted by atomic mass is 32.2. The average Bonchev–Trinajstić information content (AvgIpc) is 2.48. The number of ether oxygens (including phenoxy) is 1. The van der Waals surface area contributed by atoms with Crippen molar-refractivity contribution in [3.63, 3.8) is 0 Å². The maximum absolute atomic E-state index is 12.3. The van der Waals surface area contributed by atoms with Gasteiger partial charge in [0.05, 0.1) is 11.8 Å². The SMILES string of the molecule is Cc1ccc(NS(=O)(=O)C2CCOCC2)cc1C#CCN. The summed E-state index contributed by atoms with van der Waals surface area (Å²) >= 11 is 0. The Morgan fingerprint density at radius 2 is 2.10 bits per heavy atom. The fourth-order valence-electron chi connectivity index (χ4n) is 2.20. The van der Waals surface area contributed by atoms with E-state index in [1.54, 1.807) is 12.1 Å². The lowest BCUT2D eigenvalue weighted by molar-refractivity contribution is 0.0984. The Labute approximate surface area is 125 Å². The highest BCUT2D eigenvalue weighted by molar-refractivity contribution is 7.93. The lowest BCUT2D eigenvalue weighted by Crippen LogP contribution is -2.33. The molecule has 6 heteroatoms. The van der Waals surface area contributed by atoms with Crippen LogP contribution in [0.2, 0.25) is 0 Å². The van der Waals surface area contributed by atoms with Gasteiger partial charge in [-0.25, -0.2) is 8.42 Å². The van der Waals surface area contributed by atoms with Crippen molar-refractivity contribution in [1.29, 1.82) is 0 Å². The first kappa shape index (κ1) is 15.8. The second-order valence-electron chi connectivity index (χ2n) is 4.99. The van der Waals surface area contributed by atoms with Crippen LogP contribution in [0.4, 0.5) is 5.69 Å². The van der Waals surface area contributed by atoms with Crippen molar-refractivity contribution < 1.29 is 13.2 Å². The van der Waals surface area contributed by atoms with Crippen LogP contribution < -0.4 is 10.5 Å². The maximum atomic E-state index is 12.3. The third-order valence-corrected chi connectivity index (χ3v) is 5.30. The van der Waals surface area contributed by atoms with Crippen LogP contribution in [0.15, 0.2) is 18.2 Å². The number of anilines is 1. The molecule has 1 aromatic rings. The molecular formula is C15H20N2O3S. The van der Waals surface area contributed by atoms with E-state index in [0.29, 0.717) is 31.7 Å². The summed E-state index contributed by atoms with van der Waals surface area (Å²) in [6, 6.07) is 5.34. The van der Waals surface area contributed by atoms with Gasteiger partial charge in [-0.05, 0) is 37.5 Å². The predicted octanol–water partition coefficient (Wildman–Crippen LogP) is 1.23. The van der Waals surface area contributed by atoms with E-state index in [4.69, 9.17) is 10.5 Å². The Hall–Kier alpha value is -1.55. The van der Waals surface area contributed by atoms with Crippen molar-refractivity contribution in [3.05, 3.63) is 29.3 Å². The van der Waals surface area contributed by atoms with Gasteiger partial charge < -0.3 is 10.5 Å². The van der Waals surface area contributed by atoms with Crippen molar-refractivity contribution in [1.82, 2.24) is 0 Å². The number of sulfonamides is 1. The molecule has 1 heterocycles. The molecule has 0 saturated carbocycles. The molecule has 21 heavy (non-hydrogen) atoms. The van der Waals surface area contributed by atoms with Crippen LogP contribution in [0.3, 0.4) is 0 Å². The molecule has 0 unspecified atom stereocenters. The van der Waals surface area contributed by atoms with E-state index in [1.807, 2.05) is 13.0 Å². The number of aryl methyl sites for hydroxylation is 1. The summed E-state index contributed by atoms with van der Waals surface area (Å²) in [5.74, 6) is 5.73. The van der Waals surface area contributed by atoms with Crippen LogP contribution in [-0.4, -0.2) is 33.4 Å². The monoisotopic (exact) mass is 308 g/mol. The quantitative estimate of drug-likeness (QED) is 0.823. The minimum atomic E-state index is -3.39. The molecule has 2 rings (SSSR count). The van der Waals surface area contributed by atoms with Gasteiger partial charge in [-0.3, -0.25) is 4.72 Å². The Morgan fingerprint density at radius 3 is 2.76 bits per heavy atom. The van der Waals surface area contributed by atoms with E-state index in [2.05, 4.69) is 16.6 Å². The summed E-state index contributed by atoms with van der Waals surface area (Å²) < 4.78 is 32.5. The largest absolute Gasteiger partial charge is 0.381 e. The third kappa shape index (κ3) is 4.21. The molecule has 1 fully saturated rings. The van der Waals surface area contributed by atoms with Crippen LogP contribution in [0.25, 0.3) is 0 Å². The summed E-state index contributed by atoms with van der Waals surface area (Å²) in [5.41, 5.74) is 7.68. The number of benzene rings is 1. The van der Waals surface area contributed by atoms with Gasteiger partial charge in [0.2, 0.25) is 10.0 Å². The molecule has 0 atom stereocenters. The van der Waals surface area contributed by atoms with Crippen LogP contribution >= 0.6 is 0 Å². The fourth-order valence-corrected chi connectivity index (χ4v) is 3.64. The molecule has 0 aromatic heterocycles. The van der Waals surface area contributed by atoms with Gasteiger partial charge in [-0.1, -0.05) is 17.9 Å². The number of hydrogen-bond donors (Lipinski definition) is 2. The van der Waals surface area contributed by atoms with Crippen molar-refractivity contribution >= 4 is 15.7 Å². The molecule has 0 spiro atoms. The smallest absolute Gasteiger partial charge is 0.235 e. The maximum Gasteiger partial charge on any atom is 0.235 e. The van der Waals surface area contributed by atoms with Crippen molar-refractivity contribution in [2.75, 3.05) is 24.5 Å². The predicted molar refractivity (Wildman–Crippen MR) is 83.5 cm³/mol. The van der Waals surface area contributed by atoms with Gasteiger partial charge >= 0.3 is 0 Å². The molecule has 0 amide bonds. The van der Waals surface area contributed by atoms with Crippen LogP contribution in [0.5, 0.6) is 0 Å². The van der Waals surface area contributed by atoms with E-state index in [0.717, 1.165) is 11.1 Å². The molecule has 1 aliphatic rings. The summed E-state index contributed by atoms with van der Waals surface area (Å²) in [6.45, 7) is 3.19. The van der Waals surface area contributed by atoms with Crippen molar-refractivity contribution in [2.45, 2.75) is 25.0 Å². The lowest BCUT2D eigenvalue weighted by Gasteiger charge is -2.22. The van der Waals surface area contributed by atoms with Gasteiger partial charge in [0, 0.05) is 24.5 Å². The molecule has 1 aromatic carbocycles. The molecule has 1 aliphatic heterocycles. The Bertz CT molecular complexity index is 653. The average molecular weight is 308 g/mol. The molecule has 0 aliphatic carbocycles. The topological polar surface area (TPSA) is 81.4 Å².